The average molecular weight is 521 g/mol. The number of benzene rings is 2. The number of halogens is 2. The maximum Gasteiger partial charge on any atom is 0.402 e. The SMILES string of the molecule is Cl.OC[C@H]1O[C@@H](Oc2cc3c(O)cc(O)cc3[o+]c2-c2ccc(O)c(O)c2)[C@H](O)[C@@H](O)[C@H]1O.[Cl-]. The second-order valence-electron chi connectivity index (χ2n) is 7.34. The first-order valence-electron chi connectivity index (χ1n) is 9.52. The summed E-state index contributed by atoms with van der Waals surface area (Å²) < 4.78 is 16.8. The molecule has 0 saturated carbocycles. The Hall–Kier alpha value is -2.77. The van der Waals surface area contributed by atoms with Crippen molar-refractivity contribution in [3.05, 3.63) is 36.4 Å². The van der Waals surface area contributed by atoms with Crippen LogP contribution in [0.25, 0.3) is 22.3 Å². The van der Waals surface area contributed by atoms with Gasteiger partial charge in [0.1, 0.15) is 41.3 Å². The molecule has 2 aromatic carbocycles. The number of ether oxygens (including phenoxy) is 2. The zero-order valence-corrected chi connectivity index (χ0v) is 18.7. The number of aliphatic hydroxyl groups is 4. The first-order chi connectivity index (χ1) is 15.2. The Morgan fingerprint density at radius 1 is 0.853 bits per heavy atom. The van der Waals surface area contributed by atoms with E-state index in [1.807, 2.05) is 0 Å². The van der Waals surface area contributed by atoms with Gasteiger partial charge in [-0.05, 0) is 12.1 Å². The van der Waals surface area contributed by atoms with E-state index in [9.17, 15) is 40.9 Å². The molecular formula is C21H22Cl2O11. The predicted octanol–water partition coefficient (Wildman–Crippen LogP) is -2.19. The molecule has 1 aliphatic heterocycles. The van der Waals surface area contributed by atoms with E-state index in [2.05, 4.69) is 0 Å². The van der Waals surface area contributed by atoms with E-state index in [-0.39, 0.29) is 70.1 Å². The smallest absolute Gasteiger partial charge is 0.402 e. The van der Waals surface area contributed by atoms with Crippen LogP contribution in [-0.4, -0.2) is 78.2 Å². The molecule has 0 unspecified atom stereocenters. The molecule has 0 amide bonds. The molecule has 186 valence electrons. The van der Waals surface area contributed by atoms with Gasteiger partial charge in [-0.15, -0.1) is 12.4 Å². The maximum atomic E-state index is 10.3. The van der Waals surface area contributed by atoms with Gasteiger partial charge in [-0.25, -0.2) is 4.42 Å². The highest BCUT2D eigenvalue weighted by atomic mass is 35.5. The van der Waals surface area contributed by atoms with Gasteiger partial charge in [0, 0.05) is 18.2 Å². The molecule has 2 heterocycles. The third kappa shape index (κ3) is 5.00. The quantitative estimate of drug-likeness (QED) is 0.137. The Bertz CT molecular complexity index is 1160. The molecule has 34 heavy (non-hydrogen) atoms. The molecule has 8 N–H and O–H groups in total. The van der Waals surface area contributed by atoms with Crippen molar-refractivity contribution in [3.8, 4) is 40.1 Å². The number of phenols is 4. The summed E-state index contributed by atoms with van der Waals surface area (Å²) >= 11 is 0. The maximum absolute atomic E-state index is 10.3. The van der Waals surface area contributed by atoms with Crippen LogP contribution in [0.2, 0.25) is 0 Å². The number of phenolic OH excluding ortho intramolecular Hbond substituents is 4. The molecule has 13 heteroatoms. The molecule has 1 saturated heterocycles. The zero-order valence-electron chi connectivity index (χ0n) is 17.1. The molecular weight excluding hydrogens is 499 g/mol. The molecule has 0 aliphatic carbocycles. The fourth-order valence-corrected chi connectivity index (χ4v) is 3.43. The van der Waals surface area contributed by atoms with E-state index in [0.29, 0.717) is 0 Å². The lowest BCUT2D eigenvalue weighted by Crippen LogP contribution is -3.00. The van der Waals surface area contributed by atoms with Crippen LogP contribution in [0.5, 0.6) is 28.7 Å². The average Bonchev–Trinajstić information content (AvgIpc) is 2.76. The van der Waals surface area contributed by atoms with Gasteiger partial charge >= 0.3 is 11.3 Å². The molecule has 3 aromatic rings. The molecule has 0 radical (unpaired) electrons. The van der Waals surface area contributed by atoms with Crippen LogP contribution in [0.1, 0.15) is 0 Å². The van der Waals surface area contributed by atoms with E-state index in [4.69, 9.17) is 13.9 Å². The summed E-state index contributed by atoms with van der Waals surface area (Å²) in [6.07, 6.45) is -7.76. The molecule has 1 aliphatic rings. The van der Waals surface area contributed by atoms with Crippen molar-refractivity contribution >= 4 is 23.4 Å². The van der Waals surface area contributed by atoms with Crippen LogP contribution in [0.15, 0.2) is 40.8 Å². The van der Waals surface area contributed by atoms with Crippen molar-refractivity contribution in [2.75, 3.05) is 6.61 Å². The van der Waals surface area contributed by atoms with Gasteiger partial charge < -0.3 is 62.7 Å². The zero-order chi connectivity index (χ0) is 23.2. The van der Waals surface area contributed by atoms with Gasteiger partial charge in [0.05, 0.1) is 18.2 Å². The minimum absolute atomic E-state index is 0. The monoisotopic (exact) mass is 520 g/mol. The van der Waals surface area contributed by atoms with Gasteiger partial charge in [0.2, 0.25) is 12.0 Å². The Balaban J connectivity index is 0.00000204. The summed E-state index contributed by atoms with van der Waals surface area (Å²) in [5.41, 5.74) is 0.260. The summed E-state index contributed by atoms with van der Waals surface area (Å²) in [5.74, 6) is -1.64. The fraction of sp³-hybridized carbons (Fsp3) is 0.286. The van der Waals surface area contributed by atoms with Crippen LogP contribution in [-0.2, 0) is 4.74 Å². The predicted molar refractivity (Wildman–Crippen MR) is 114 cm³/mol. The summed E-state index contributed by atoms with van der Waals surface area (Å²) in [5, 5.41) is 79.2. The highest BCUT2D eigenvalue weighted by molar-refractivity contribution is 5.88. The summed E-state index contributed by atoms with van der Waals surface area (Å²) in [6.45, 7) is -0.661. The largest absolute Gasteiger partial charge is 1.00 e. The third-order valence-electron chi connectivity index (χ3n) is 5.15. The Morgan fingerprint density at radius 3 is 2.21 bits per heavy atom. The Morgan fingerprint density at radius 2 is 1.56 bits per heavy atom. The number of aromatic hydroxyl groups is 4. The summed E-state index contributed by atoms with van der Waals surface area (Å²) in [7, 11) is 0. The van der Waals surface area contributed by atoms with Crippen LogP contribution >= 0.6 is 12.4 Å². The highest BCUT2D eigenvalue weighted by Gasteiger charge is 2.45. The third-order valence-corrected chi connectivity index (χ3v) is 5.15. The van der Waals surface area contributed by atoms with Crippen molar-refractivity contribution in [1.82, 2.24) is 0 Å². The lowest BCUT2D eigenvalue weighted by Gasteiger charge is -2.39. The lowest BCUT2D eigenvalue weighted by atomic mass is 9.99. The number of fused-ring (bicyclic) bond motifs is 1. The minimum Gasteiger partial charge on any atom is -1.00 e. The fourth-order valence-electron chi connectivity index (χ4n) is 3.43. The van der Waals surface area contributed by atoms with Gasteiger partial charge in [-0.1, -0.05) is 0 Å². The second kappa shape index (κ2) is 10.7. The Labute approximate surface area is 204 Å². The number of hydrogen-bond donors (Lipinski definition) is 8. The second-order valence-corrected chi connectivity index (χ2v) is 7.34. The lowest BCUT2D eigenvalue weighted by molar-refractivity contribution is -0.277. The standard InChI is InChI=1S/C21H20O11.2ClH/c22-7-16-17(27)18(28)19(29)21(32-16)31-15-6-10-12(25)4-9(23)5-14(10)30-20(15)8-1-2-11(24)13(26)3-8;;/h1-6,16-19,21-22,27-29H,7H2,(H3-,23,24,25,26);2*1H/t16-,17+,18+,19-,21-;;/m1../s1. The van der Waals surface area contributed by atoms with Crippen LogP contribution in [0.4, 0.5) is 0 Å². The molecule has 0 spiro atoms. The number of hydrogen-bond acceptors (Lipinski definition) is 10. The molecule has 1 aromatic heterocycles. The van der Waals surface area contributed by atoms with Gasteiger partial charge in [0.25, 0.3) is 0 Å². The van der Waals surface area contributed by atoms with E-state index in [1.54, 1.807) is 0 Å². The van der Waals surface area contributed by atoms with Gasteiger partial charge in [0.15, 0.2) is 11.5 Å². The van der Waals surface area contributed by atoms with Crippen molar-refractivity contribution in [3.63, 3.8) is 0 Å². The van der Waals surface area contributed by atoms with E-state index >= 15 is 0 Å². The molecule has 0 bridgehead atoms. The number of aliphatic hydroxyl groups excluding tert-OH is 4. The normalized spacial score (nSPS) is 24.2. The minimum atomic E-state index is -1.71. The van der Waals surface area contributed by atoms with E-state index < -0.39 is 43.1 Å². The molecule has 4 rings (SSSR count). The van der Waals surface area contributed by atoms with E-state index in [0.717, 1.165) is 6.07 Å². The molecule has 11 nitrogen and oxygen atoms in total. The topological polar surface area (TPSA) is 192 Å². The highest BCUT2D eigenvalue weighted by Crippen LogP contribution is 2.42. The number of rotatable bonds is 4. The van der Waals surface area contributed by atoms with Crippen LogP contribution < -0.4 is 17.1 Å². The van der Waals surface area contributed by atoms with Gasteiger partial charge in [-0.2, -0.15) is 0 Å². The van der Waals surface area contributed by atoms with Gasteiger partial charge in [-0.3, -0.25) is 0 Å². The van der Waals surface area contributed by atoms with Crippen molar-refractivity contribution in [1.29, 1.82) is 0 Å². The first kappa shape index (κ1) is 27.5. The Kier molecular flexibility index (Phi) is 8.61. The van der Waals surface area contributed by atoms with Crippen molar-refractivity contribution in [2.24, 2.45) is 0 Å². The van der Waals surface area contributed by atoms with Crippen LogP contribution in [0.3, 0.4) is 0 Å². The van der Waals surface area contributed by atoms with Crippen molar-refractivity contribution < 1.29 is 67.2 Å². The first-order valence-corrected chi connectivity index (χ1v) is 9.52. The molecule has 5 atom stereocenters. The summed E-state index contributed by atoms with van der Waals surface area (Å²) in [4.78, 5) is 0. The van der Waals surface area contributed by atoms with Crippen molar-refractivity contribution in [2.45, 2.75) is 30.7 Å². The van der Waals surface area contributed by atoms with E-state index in [1.165, 1.54) is 30.3 Å². The van der Waals surface area contributed by atoms with Crippen LogP contribution in [0, 0.1) is 0 Å². The molecule has 1 fully saturated rings. The summed E-state index contributed by atoms with van der Waals surface area (Å²) in [6, 6.07) is 7.37.